The van der Waals surface area contributed by atoms with Gasteiger partial charge in [-0.1, -0.05) is 13.8 Å². The van der Waals surface area contributed by atoms with E-state index >= 15 is 0 Å². The molecule has 0 aliphatic carbocycles. The summed E-state index contributed by atoms with van der Waals surface area (Å²) in [5, 5.41) is 0. The highest BCUT2D eigenvalue weighted by Gasteiger charge is 1.87. The van der Waals surface area contributed by atoms with E-state index in [1.165, 1.54) is 14.0 Å². The molecule has 0 aliphatic heterocycles. The van der Waals surface area contributed by atoms with Crippen molar-refractivity contribution in [1.82, 2.24) is 0 Å². The second-order valence-electron chi connectivity index (χ2n) is 2.27. The van der Waals surface area contributed by atoms with Crippen LogP contribution in [0.4, 0.5) is 0 Å². The molecule has 0 saturated heterocycles. The summed E-state index contributed by atoms with van der Waals surface area (Å²) in [5.41, 5.74) is 0. The molecule has 0 heterocycles. The molecule has 0 bridgehead atoms. The van der Waals surface area contributed by atoms with Gasteiger partial charge < -0.3 is 9.47 Å². The number of ether oxygens (including phenoxy) is 2. The molecule has 13 heavy (non-hydrogen) atoms. The van der Waals surface area contributed by atoms with Gasteiger partial charge in [0.15, 0.2) is 0 Å². The zero-order valence-electron chi connectivity index (χ0n) is 8.75. The fourth-order valence-corrected chi connectivity index (χ4v) is 0.390. The van der Waals surface area contributed by atoms with Gasteiger partial charge in [-0.05, 0) is 6.42 Å². The van der Waals surface area contributed by atoms with Crippen LogP contribution in [0, 0.1) is 0 Å². The van der Waals surface area contributed by atoms with Gasteiger partial charge in [-0.2, -0.15) is 0 Å². The first-order valence-electron chi connectivity index (χ1n) is 4.28. The lowest BCUT2D eigenvalue weighted by atomic mass is 10.5. The van der Waals surface area contributed by atoms with E-state index in [-0.39, 0.29) is 11.9 Å². The molecular formula is C9H18O4. The normalized spacial score (nSPS) is 8.00. The summed E-state index contributed by atoms with van der Waals surface area (Å²) < 4.78 is 8.81. The molecule has 0 aromatic carbocycles. The Hall–Kier alpha value is -1.06. The highest BCUT2D eigenvalue weighted by Crippen LogP contribution is 1.78. The van der Waals surface area contributed by atoms with Crippen LogP contribution in [0.1, 0.15) is 33.6 Å². The summed E-state index contributed by atoms with van der Waals surface area (Å²) in [6.07, 6.45) is 1.37. The number of methoxy groups -OCH3 is 1. The van der Waals surface area contributed by atoms with Gasteiger partial charge in [0.05, 0.1) is 13.7 Å². The smallest absolute Gasteiger partial charge is 0.305 e. The summed E-state index contributed by atoms with van der Waals surface area (Å²) in [4.78, 5) is 19.9. The van der Waals surface area contributed by atoms with Crippen LogP contribution in [0.5, 0.6) is 0 Å². The Morgan fingerprint density at radius 1 is 1.23 bits per heavy atom. The van der Waals surface area contributed by atoms with E-state index in [1.807, 2.05) is 6.92 Å². The van der Waals surface area contributed by atoms with E-state index in [4.69, 9.17) is 0 Å². The SMILES string of the molecule is CCC(=O)OC.CCCOC(C)=O. The van der Waals surface area contributed by atoms with Crippen molar-refractivity contribution < 1.29 is 19.1 Å². The molecule has 0 amide bonds. The highest BCUT2D eigenvalue weighted by molar-refractivity contribution is 5.68. The van der Waals surface area contributed by atoms with Crippen molar-refractivity contribution in [3.05, 3.63) is 0 Å². The molecule has 0 spiro atoms. The van der Waals surface area contributed by atoms with Crippen LogP contribution in [-0.2, 0) is 19.1 Å². The molecule has 0 fully saturated rings. The van der Waals surface area contributed by atoms with Crippen LogP contribution in [0.25, 0.3) is 0 Å². The first-order chi connectivity index (χ1) is 6.08. The largest absolute Gasteiger partial charge is 0.469 e. The van der Waals surface area contributed by atoms with Crippen molar-refractivity contribution in [3.63, 3.8) is 0 Å². The molecule has 0 aromatic rings. The molecule has 4 nitrogen and oxygen atoms in total. The molecule has 0 aliphatic rings. The summed E-state index contributed by atoms with van der Waals surface area (Å²) in [6, 6.07) is 0. The third-order valence-corrected chi connectivity index (χ3v) is 1.03. The Kier molecular flexibility index (Phi) is 12.2. The molecule has 0 unspecified atom stereocenters. The fraction of sp³-hybridized carbons (Fsp3) is 0.778. The number of rotatable bonds is 3. The van der Waals surface area contributed by atoms with Gasteiger partial charge in [0, 0.05) is 13.3 Å². The van der Waals surface area contributed by atoms with E-state index in [0.717, 1.165) is 6.42 Å². The van der Waals surface area contributed by atoms with Gasteiger partial charge in [-0.15, -0.1) is 0 Å². The van der Waals surface area contributed by atoms with Gasteiger partial charge in [-0.3, -0.25) is 9.59 Å². The van der Waals surface area contributed by atoms with Crippen molar-refractivity contribution in [2.45, 2.75) is 33.6 Å². The minimum Gasteiger partial charge on any atom is -0.469 e. The van der Waals surface area contributed by atoms with E-state index in [9.17, 15) is 9.59 Å². The van der Waals surface area contributed by atoms with Crippen LogP contribution in [0.2, 0.25) is 0 Å². The van der Waals surface area contributed by atoms with Crippen molar-refractivity contribution in [3.8, 4) is 0 Å². The summed E-state index contributed by atoms with van der Waals surface area (Å²) in [5.74, 6) is -0.350. The zero-order valence-corrected chi connectivity index (χ0v) is 8.75. The first-order valence-corrected chi connectivity index (χ1v) is 4.28. The number of carbonyl (C=O) groups excluding carboxylic acids is 2. The minimum atomic E-state index is -0.193. The van der Waals surface area contributed by atoms with Gasteiger partial charge in [0.1, 0.15) is 0 Å². The molecule has 78 valence electrons. The molecule has 0 N–H and O–H groups in total. The molecular weight excluding hydrogens is 172 g/mol. The summed E-state index contributed by atoms with van der Waals surface area (Å²) in [6.45, 7) is 5.68. The number of hydrogen-bond acceptors (Lipinski definition) is 4. The quantitative estimate of drug-likeness (QED) is 0.633. The summed E-state index contributed by atoms with van der Waals surface area (Å²) in [7, 11) is 1.38. The second-order valence-corrected chi connectivity index (χ2v) is 2.27. The lowest BCUT2D eigenvalue weighted by Crippen LogP contribution is -1.98. The Morgan fingerprint density at radius 2 is 1.77 bits per heavy atom. The van der Waals surface area contributed by atoms with E-state index in [2.05, 4.69) is 9.47 Å². The fourth-order valence-electron chi connectivity index (χ4n) is 0.390. The zero-order chi connectivity index (χ0) is 10.7. The Balaban J connectivity index is 0. The van der Waals surface area contributed by atoms with E-state index < -0.39 is 0 Å². The molecule has 4 heteroatoms. The monoisotopic (exact) mass is 190 g/mol. The second kappa shape index (κ2) is 10.9. The molecule has 0 atom stereocenters. The van der Waals surface area contributed by atoms with Gasteiger partial charge in [0.25, 0.3) is 0 Å². The van der Waals surface area contributed by atoms with Crippen LogP contribution in [-0.4, -0.2) is 25.7 Å². The van der Waals surface area contributed by atoms with Crippen molar-refractivity contribution in [2.24, 2.45) is 0 Å². The lowest BCUT2D eigenvalue weighted by molar-refractivity contribution is -0.141. The number of esters is 2. The first kappa shape index (κ1) is 14.5. The third kappa shape index (κ3) is 18.2. The Morgan fingerprint density at radius 3 is 1.85 bits per heavy atom. The predicted molar refractivity (Wildman–Crippen MR) is 49.2 cm³/mol. The van der Waals surface area contributed by atoms with Crippen LogP contribution < -0.4 is 0 Å². The van der Waals surface area contributed by atoms with Crippen LogP contribution in [0.15, 0.2) is 0 Å². The van der Waals surface area contributed by atoms with Crippen LogP contribution >= 0.6 is 0 Å². The van der Waals surface area contributed by atoms with Crippen molar-refractivity contribution in [2.75, 3.05) is 13.7 Å². The molecule has 0 saturated carbocycles. The molecule has 0 radical (unpaired) electrons. The maximum Gasteiger partial charge on any atom is 0.305 e. The van der Waals surface area contributed by atoms with Gasteiger partial charge in [0.2, 0.25) is 0 Å². The van der Waals surface area contributed by atoms with Crippen molar-refractivity contribution in [1.29, 1.82) is 0 Å². The number of hydrogen-bond donors (Lipinski definition) is 0. The summed E-state index contributed by atoms with van der Waals surface area (Å²) >= 11 is 0. The molecule has 0 rings (SSSR count). The van der Waals surface area contributed by atoms with Gasteiger partial charge in [-0.25, -0.2) is 0 Å². The lowest BCUT2D eigenvalue weighted by Gasteiger charge is -1.93. The number of carbonyl (C=O) groups is 2. The van der Waals surface area contributed by atoms with Crippen LogP contribution in [0.3, 0.4) is 0 Å². The average Bonchev–Trinajstić information content (AvgIpc) is 2.14. The van der Waals surface area contributed by atoms with Crippen molar-refractivity contribution >= 4 is 11.9 Å². The Bertz CT molecular complexity index is 137. The van der Waals surface area contributed by atoms with E-state index in [0.29, 0.717) is 13.0 Å². The van der Waals surface area contributed by atoms with E-state index in [1.54, 1.807) is 6.92 Å². The third-order valence-electron chi connectivity index (χ3n) is 1.03. The topological polar surface area (TPSA) is 52.6 Å². The van der Waals surface area contributed by atoms with Gasteiger partial charge >= 0.3 is 11.9 Å². The standard InChI is InChI=1S/C5H10O2.C4H8O2/c1-3-4-7-5(2)6;1-3-4(5)6-2/h3-4H2,1-2H3;3H2,1-2H3. The Labute approximate surface area is 79.2 Å². The average molecular weight is 190 g/mol. The maximum atomic E-state index is 9.98. The predicted octanol–water partition coefficient (Wildman–Crippen LogP) is 1.53. The highest BCUT2D eigenvalue weighted by atomic mass is 16.5. The maximum absolute atomic E-state index is 9.98. The minimum absolute atomic E-state index is 0.157. The molecule has 0 aromatic heterocycles.